The Hall–Kier alpha value is -0.620. The lowest BCUT2D eigenvalue weighted by atomic mass is 10.0. The highest BCUT2D eigenvalue weighted by molar-refractivity contribution is 9.10. The van der Waals surface area contributed by atoms with Gasteiger partial charge in [0.1, 0.15) is 5.75 Å². The Kier molecular flexibility index (Phi) is 6.29. The molecule has 4 nitrogen and oxygen atoms in total. The van der Waals surface area contributed by atoms with Gasteiger partial charge in [0.25, 0.3) is 0 Å². The van der Waals surface area contributed by atoms with Crippen LogP contribution in [0, 0.1) is 0 Å². The van der Waals surface area contributed by atoms with E-state index < -0.39 is 0 Å². The second-order valence-electron chi connectivity index (χ2n) is 4.82. The van der Waals surface area contributed by atoms with Crippen LogP contribution in [0.2, 0.25) is 0 Å². The van der Waals surface area contributed by atoms with E-state index in [1.807, 2.05) is 6.07 Å². The molecule has 112 valence electrons. The molecule has 1 aromatic rings. The van der Waals surface area contributed by atoms with E-state index in [0.717, 1.165) is 23.2 Å². The molecule has 0 amide bonds. The van der Waals surface area contributed by atoms with Gasteiger partial charge < -0.3 is 19.5 Å². The quantitative estimate of drug-likeness (QED) is 0.860. The average Bonchev–Trinajstić information content (AvgIpc) is 2.48. The van der Waals surface area contributed by atoms with Crippen LogP contribution in [0.4, 0.5) is 0 Å². The average molecular weight is 344 g/mol. The Balaban J connectivity index is 2.04. The van der Waals surface area contributed by atoms with Crippen LogP contribution in [-0.2, 0) is 15.9 Å². The Morgan fingerprint density at radius 3 is 2.90 bits per heavy atom. The molecule has 1 aliphatic heterocycles. The fourth-order valence-electron chi connectivity index (χ4n) is 2.43. The maximum atomic E-state index is 5.82. The minimum atomic E-state index is 0.115. The first-order chi connectivity index (χ1) is 9.74. The molecule has 0 aliphatic carbocycles. The van der Waals surface area contributed by atoms with Gasteiger partial charge in [-0.25, -0.2) is 0 Å². The smallest absolute Gasteiger partial charge is 0.133 e. The minimum Gasteiger partial charge on any atom is -0.496 e. The first-order valence-corrected chi connectivity index (χ1v) is 7.79. The third kappa shape index (κ3) is 4.19. The highest BCUT2D eigenvalue weighted by Crippen LogP contribution is 2.26. The molecule has 1 N–H and O–H groups in total. The lowest BCUT2D eigenvalue weighted by molar-refractivity contribution is -0.101. The largest absolute Gasteiger partial charge is 0.496 e. The molecule has 0 spiro atoms. The van der Waals surface area contributed by atoms with Crippen LogP contribution in [0.3, 0.4) is 0 Å². The van der Waals surface area contributed by atoms with E-state index >= 15 is 0 Å². The first-order valence-electron chi connectivity index (χ1n) is 6.99. The fourth-order valence-corrected chi connectivity index (χ4v) is 3.01. The fraction of sp³-hybridized carbons (Fsp3) is 0.600. The number of halogens is 1. The Morgan fingerprint density at radius 1 is 1.45 bits per heavy atom. The second-order valence-corrected chi connectivity index (χ2v) is 5.68. The van der Waals surface area contributed by atoms with Gasteiger partial charge in [-0.05, 0) is 46.6 Å². The third-order valence-corrected chi connectivity index (χ3v) is 4.05. The number of hydrogen-bond acceptors (Lipinski definition) is 4. The van der Waals surface area contributed by atoms with Gasteiger partial charge in [-0.1, -0.05) is 13.0 Å². The molecule has 0 saturated carbocycles. The van der Waals surface area contributed by atoms with Gasteiger partial charge in [0.05, 0.1) is 37.5 Å². The monoisotopic (exact) mass is 343 g/mol. The lowest BCUT2D eigenvalue weighted by Crippen LogP contribution is -2.47. The number of ether oxygens (including phenoxy) is 3. The number of nitrogens with one attached hydrogen (secondary N) is 1. The minimum absolute atomic E-state index is 0.115. The molecule has 1 heterocycles. The van der Waals surface area contributed by atoms with Gasteiger partial charge in [-0.2, -0.15) is 0 Å². The molecule has 1 fully saturated rings. The van der Waals surface area contributed by atoms with Crippen molar-refractivity contribution >= 4 is 15.9 Å². The summed E-state index contributed by atoms with van der Waals surface area (Å²) >= 11 is 3.53. The summed E-state index contributed by atoms with van der Waals surface area (Å²) in [7, 11) is 1.68. The van der Waals surface area contributed by atoms with E-state index in [4.69, 9.17) is 14.2 Å². The zero-order valence-electron chi connectivity index (χ0n) is 12.0. The lowest BCUT2D eigenvalue weighted by Gasteiger charge is -2.31. The van der Waals surface area contributed by atoms with Crippen molar-refractivity contribution in [3.8, 4) is 5.75 Å². The van der Waals surface area contributed by atoms with Gasteiger partial charge in [0.15, 0.2) is 0 Å². The van der Waals surface area contributed by atoms with Gasteiger partial charge in [0, 0.05) is 6.04 Å². The van der Waals surface area contributed by atoms with Crippen LogP contribution in [0.5, 0.6) is 5.75 Å². The molecule has 0 radical (unpaired) electrons. The molecular formula is C15H22BrNO3. The van der Waals surface area contributed by atoms with Crippen molar-refractivity contribution in [2.24, 2.45) is 0 Å². The molecule has 1 aliphatic rings. The van der Waals surface area contributed by atoms with E-state index in [1.165, 1.54) is 5.56 Å². The van der Waals surface area contributed by atoms with Crippen molar-refractivity contribution in [3.63, 3.8) is 0 Å². The van der Waals surface area contributed by atoms with Gasteiger partial charge in [-0.3, -0.25) is 0 Å². The molecule has 0 aromatic heterocycles. The molecule has 5 heteroatoms. The van der Waals surface area contributed by atoms with Gasteiger partial charge in [-0.15, -0.1) is 0 Å². The highest BCUT2D eigenvalue weighted by atomic mass is 79.9. The van der Waals surface area contributed by atoms with Crippen LogP contribution in [0.15, 0.2) is 22.7 Å². The standard InChI is InChI=1S/C15H22BrNO3/c1-3-17-13(15-10-19-6-7-20-15)9-11-4-5-14(18-2)12(16)8-11/h4-5,8,13,15,17H,3,6-7,9-10H2,1-2H3. The molecule has 0 bridgehead atoms. The normalized spacial score (nSPS) is 20.6. The van der Waals surface area contributed by atoms with Crippen molar-refractivity contribution in [3.05, 3.63) is 28.2 Å². The summed E-state index contributed by atoms with van der Waals surface area (Å²) in [5.74, 6) is 0.853. The summed E-state index contributed by atoms with van der Waals surface area (Å²) in [6.45, 7) is 5.07. The van der Waals surface area contributed by atoms with Crippen molar-refractivity contribution in [2.45, 2.75) is 25.5 Å². The van der Waals surface area contributed by atoms with Gasteiger partial charge in [0.2, 0.25) is 0 Å². The van der Waals surface area contributed by atoms with Crippen LogP contribution in [0.1, 0.15) is 12.5 Å². The topological polar surface area (TPSA) is 39.7 Å². The molecule has 1 saturated heterocycles. The number of rotatable bonds is 6. The maximum absolute atomic E-state index is 5.82. The number of methoxy groups -OCH3 is 1. The zero-order chi connectivity index (χ0) is 14.4. The summed E-state index contributed by atoms with van der Waals surface area (Å²) in [5.41, 5.74) is 1.25. The highest BCUT2D eigenvalue weighted by Gasteiger charge is 2.24. The van der Waals surface area contributed by atoms with Crippen molar-refractivity contribution < 1.29 is 14.2 Å². The zero-order valence-corrected chi connectivity index (χ0v) is 13.6. The van der Waals surface area contributed by atoms with Crippen molar-refractivity contribution in [1.29, 1.82) is 0 Å². The molecule has 1 aromatic carbocycles. The van der Waals surface area contributed by atoms with Crippen LogP contribution >= 0.6 is 15.9 Å². The SMILES string of the molecule is CCNC(Cc1ccc(OC)c(Br)c1)C1COCCO1. The van der Waals surface area contributed by atoms with E-state index in [-0.39, 0.29) is 12.1 Å². The predicted octanol–water partition coefficient (Wildman–Crippen LogP) is 2.39. The Labute approximate surface area is 128 Å². The number of hydrogen-bond donors (Lipinski definition) is 1. The molecule has 2 rings (SSSR count). The van der Waals surface area contributed by atoms with E-state index in [1.54, 1.807) is 7.11 Å². The van der Waals surface area contributed by atoms with Gasteiger partial charge >= 0.3 is 0 Å². The molecule has 2 atom stereocenters. The summed E-state index contributed by atoms with van der Waals surface area (Å²) in [6.07, 6.45) is 1.02. The summed E-state index contributed by atoms with van der Waals surface area (Å²) in [6, 6.07) is 6.45. The van der Waals surface area contributed by atoms with Crippen molar-refractivity contribution in [1.82, 2.24) is 5.32 Å². The summed E-state index contributed by atoms with van der Waals surface area (Å²) in [5, 5.41) is 3.50. The number of likely N-dealkylation sites (N-methyl/N-ethyl adjacent to an activating group) is 1. The summed E-state index contributed by atoms with van der Waals surface area (Å²) < 4.78 is 17.6. The summed E-state index contributed by atoms with van der Waals surface area (Å²) in [4.78, 5) is 0. The number of benzene rings is 1. The van der Waals surface area contributed by atoms with E-state index in [2.05, 4.69) is 40.3 Å². The predicted molar refractivity (Wildman–Crippen MR) is 82.4 cm³/mol. The molecule has 2 unspecified atom stereocenters. The van der Waals surface area contributed by atoms with E-state index in [9.17, 15) is 0 Å². The third-order valence-electron chi connectivity index (χ3n) is 3.43. The second kappa shape index (κ2) is 7.98. The van der Waals surface area contributed by atoms with Crippen LogP contribution in [0.25, 0.3) is 0 Å². The van der Waals surface area contributed by atoms with E-state index in [0.29, 0.717) is 19.8 Å². The molecular weight excluding hydrogens is 322 g/mol. The Morgan fingerprint density at radius 2 is 2.30 bits per heavy atom. The first kappa shape index (κ1) is 15.8. The van der Waals surface area contributed by atoms with Crippen LogP contribution in [-0.4, -0.2) is 45.6 Å². The Bertz CT molecular complexity index is 422. The van der Waals surface area contributed by atoms with Crippen molar-refractivity contribution in [2.75, 3.05) is 33.5 Å². The molecule has 20 heavy (non-hydrogen) atoms. The van der Waals surface area contributed by atoms with Crippen LogP contribution < -0.4 is 10.1 Å². The maximum Gasteiger partial charge on any atom is 0.133 e.